The van der Waals surface area contributed by atoms with Gasteiger partial charge in [-0.3, -0.25) is 15.2 Å². The molecular weight excluding hydrogens is 321 g/mol. The molecule has 0 spiro atoms. The lowest BCUT2D eigenvalue weighted by Crippen LogP contribution is -2.51. The van der Waals surface area contributed by atoms with Crippen LogP contribution >= 0.6 is 11.8 Å². The number of thioether (sulfide) groups is 1. The van der Waals surface area contributed by atoms with E-state index >= 15 is 0 Å². The van der Waals surface area contributed by atoms with Crippen LogP contribution in [0.15, 0.2) is 36.5 Å². The number of ether oxygens (including phenoxy) is 1. The predicted molar refractivity (Wildman–Crippen MR) is 81.8 cm³/mol. The summed E-state index contributed by atoms with van der Waals surface area (Å²) < 4.78 is 18.3. The molecule has 3 rings (SSSR count). The molecule has 0 saturated carbocycles. The highest BCUT2D eigenvalue weighted by Gasteiger charge is 2.56. The zero-order chi connectivity index (χ0) is 16.4. The fourth-order valence-corrected chi connectivity index (χ4v) is 3.58. The Hall–Kier alpha value is -2.19. The molecule has 120 valence electrons. The molecule has 2 N–H and O–H groups in total. The Kier molecular flexibility index (Phi) is 4.18. The zero-order valence-electron chi connectivity index (χ0n) is 12.2. The molecule has 2 atom stereocenters. The number of carbonyl (C=O) groups is 2. The van der Waals surface area contributed by atoms with Gasteiger partial charge in [0.25, 0.3) is 0 Å². The molecule has 2 heterocycles. The highest BCUT2D eigenvalue weighted by Crippen LogP contribution is 2.44. The number of nitrogens with zero attached hydrogens (tertiary/aromatic N) is 1. The van der Waals surface area contributed by atoms with Crippen molar-refractivity contribution in [1.29, 1.82) is 0 Å². The number of aromatic nitrogens is 2. The van der Waals surface area contributed by atoms with Crippen LogP contribution in [0.1, 0.15) is 23.6 Å². The van der Waals surface area contributed by atoms with E-state index in [0.717, 1.165) is 11.8 Å². The van der Waals surface area contributed by atoms with Crippen molar-refractivity contribution in [2.45, 2.75) is 17.8 Å². The summed E-state index contributed by atoms with van der Waals surface area (Å²) in [5.41, 5.74) is -0.655. The minimum atomic E-state index is -1.66. The summed E-state index contributed by atoms with van der Waals surface area (Å²) >= 11 is 0.968. The summed E-state index contributed by atoms with van der Waals surface area (Å²) in [5, 5.41) is 8.77. The Morgan fingerprint density at radius 3 is 2.74 bits per heavy atom. The van der Waals surface area contributed by atoms with Gasteiger partial charge < -0.3 is 4.74 Å². The second-order valence-electron chi connectivity index (χ2n) is 4.92. The lowest BCUT2D eigenvalue weighted by Gasteiger charge is -2.26. The Labute approximate surface area is 135 Å². The van der Waals surface area contributed by atoms with Crippen molar-refractivity contribution in [2.24, 2.45) is 0 Å². The summed E-state index contributed by atoms with van der Waals surface area (Å²) in [6, 6.07) is 6.95. The molecule has 1 fully saturated rings. The zero-order valence-corrected chi connectivity index (χ0v) is 13.0. The van der Waals surface area contributed by atoms with Gasteiger partial charge in [-0.05, 0) is 30.7 Å². The molecule has 1 saturated heterocycles. The molecule has 0 bridgehead atoms. The maximum absolute atomic E-state index is 13.2. The second kappa shape index (κ2) is 6.13. The molecule has 2 unspecified atom stereocenters. The third kappa shape index (κ3) is 2.64. The maximum atomic E-state index is 13.2. The van der Waals surface area contributed by atoms with Gasteiger partial charge in [-0.2, -0.15) is 5.10 Å². The van der Waals surface area contributed by atoms with E-state index in [2.05, 4.69) is 15.5 Å². The first-order valence-corrected chi connectivity index (χ1v) is 7.87. The summed E-state index contributed by atoms with van der Waals surface area (Å²) in [5.74, 6) is -1.15. The molecule has 1 aromatic carbocycles. The van der Waals surface area contributed by atoms with E-state index in [1.807, 2.05) is 0 Å². The van der Waals surface area contributed by atoms with Gasteiger partial charge in [0, 0.05) is 6.20 Å². The minimum Gasteiger partial charge on any atom is -0.464 e. The lowest BCUT2D eigenvalue weighted by molar-refractivity contribution is -0.153. The molecule has 23 heavy (non-hydrogen) atoms. The van der Waals surface area contributed by atoms with Crippen molar-refractivity contribution in [1.82, 2.24) is 15.5 Å². The largest absolute Gasteiger partial charge is 0.464 e. The molecule has 1 aliphatic rings. The number of halogens is 1. The number of H-pyrrole nitrogens is 1. The van der Waals surface area contributed by atoms with Crippen LogP contribution in [0.2, 0.25) is 0 Å². The van der Waals surface area contributed by atoms with Gasteiger partial charge in [-0.25, -0.2) is 9.18 Å². The van der Waals surface area contributed by atoms with Crippen LogP contribution in [-0.2, 0) is 19.9 Å². The van der Waals surface area contributed by atoms with E-state index in [1.54, 1.807) is 19.2 Å². The Bertz CT molecular complexity index is 720. The average molecular weight is 335 g/mol. The summed E-state index contributed by atoms with van der Waals surface area (Å²) in [4.78, 5) is 25.2. The predicted octanol–water partition coefficient (Wildman–Crippen LogP) is 1.87. The highest BCUT2D eigenvalue weighted by atomic mass is 32.2. The molecule has 2 aromatic rings. The number of hydrogen-bond donors (Lipinski definition) is 2. The van der Waals surface area contributed by atoms with Crippen molar-refractivity contribution in [3.05, 3.63) is 53.6 Å². The van der Waals surface area contributed by atoms with Crippen molar-refractivity contribution >= 4 is 22.8 Å². The molecule has 1 aromatic heterocycles. The first kappa shape index (κ1) is 15.7. The summed E-state index contributed by atoms with van der Waals surface area (Å²) in [6.45, 7) is 1.80. The number of benzene rings is 1. The third-order valence-corrected chi connectivity index (χ3v) is 4.67. The van der Waals surface area contributed by atoms with Gasteiger partial charge in [-0.15, -0.1) is 0 Å². The van der Waals surface area contributed by atoms with Gasteiger partial charge in [-0.1, -0.05) is 23.9 Å². The van der Waals surface area contributed by atoms with Gasteiger partial charge in [0.05, 0.1) is 12.3 Å². The monoisotopic (exact) mass is 335 g/mol. The van der Waals surface area contributed by atoms with Crippen molar-refractivity contribution < 1.29 is 18.7 Å². The highest BCUT2D eigenvalue weighted by molar-refractivity contribution is 8.14. The fourth-order valence-electron chi connectivity index (χ4n) is 2.43. The fraction of sp³-hybridized carbons (Fsp3) is 0.267. The first-order valence-electron chi connectivity index (χ1n) is 6.99. The van der Waals surface area contributed by atoms with Gasteiger partial charge in [0.1, 0.15) is 11.2 Å². The Balaban J connectivity index is 2.04. The number of carbonyl (C=O) groups excluding carboxylic acids is 2. The first-order chi connectivity index (χ1) is 11.1. The van der Waals surface area contributed by atoms with Crippen molar-refractivity contribution in [3.8, 4) is 0 Å². The Morgan fingerprint density at radius 1 is 1.39 bits per heavy atom. The minimum absolute atomic E-state index is 0.135. The van der Waals surface area contributed by atoms with Gasteiger partial charge >= 0.3 is 5.97 Å². The molecular formula is C15H14FN3O3S. The smallest absolute Gasteiger partial charge is 0.339 e. The standard InChI is InChI=1S/C15H14FN3O3S/c1-2-22-13(20)15(9-3-5-10(16)6-4-9)14(21)23-12(18-15)11-7-8-17-19-11/h3-8,12,18H,2H2,1H3,(H,17,19). The van der Waals surface area contributed by atoms with E-state index in [-0.39, 0.29) is 6.61 Å². The van der Waals surface area contributed by atoms with E-state index in [0.29, 0.717) is 11.3 Å². The number of esters is 1. The molecule has 6 nitrogen and oxygen atoms in total. The van der Waals surface area contributed by atoms with Crippen LogP contribution in [0.5, 0.6) is 0 Å². The number of rotatable bonds is 4. The van der Waals surface area contributed by atoms with E-state index in [4.69, 9.17) is 4.74 Å². The van der Waals surface area contributed by atoms with E-state index < -0.39 is 27.8 Å². The van der Waals surface area contributed by atoms with Crippen LogP contribution in [0.25, 0.3) is 0 Å². The molecule has 0 aliphatic carbocycles. The molecule has 0 amide bonds. The summed E-state index contributed by atoms with van der Waals surface area (Å²) in [6.07, 6.45) is 1.56. The van der Waals surface area contributed by atoms with Crippen LogP contribution in [0.3, 0.4) is 0 Å². The molecule has 1 aliphatic heterocycles. The SMILES string of the molecule is CCOC(=O)C1(c2ccc(F)cc2)NC(c2ccn[nH]2)SC1=O. The summed E-state index contributed by atoms with van der Waals surface area (Å²) in [7, 11) is 0. The van der Waals surface area contributed by atoms with Crippen LogP contribution in [0, 0.1) is 5.82 Å². The van der Waals surface area contributed by atoms with Gasteiger partial charge in [0.2, 0.25) is 10.7 Å². The topological polar surface area (TPSA) is 84.1 Å². The lowest BCUT2D eigenvalue weighted by atomic mass is 9.91. The van der Waals surface area contributed by atoms with Crippen LogP contribution in [-0.4, -0.2) is 27.9 Å². The average Bonchev–Trinajstić information content (AvgIpc) is 3.16. The van der Waals surface area contributed by atoms with E-state index in [9.17, 15) is 14.0 Å². The van der Waals surface area contributed by atoms with Crippen LogP contribution in [0.4, 0.5) is 4.39 Å². The molecule has 0 radical (unpaired) electrons. The normalized spacial score (nSPS) is 23.9. The number of aromatic amines is 1. The second-order valence-corrected chi connectivity index (χ2v) is 6.00. The third-order valence-electron chi connectivity index (χ3n) is 3.54. The quantitative estimate of drug-likeness (QED) is 0.655. The maximum Gasteiger partial charge on any atom is 0.339 e. The van der Waals surface area contributed by atoms with Gasteiger partial charge in [0.15, 0.2) is 0 Å². The number of hydrogen-bond acceptors (Lipinski definition) is 6. The van der Waals surface area contributed by atoms with Crippen LogP contribution < -0.4 is 5.32 Å². The van der Waals surface area contributed by atoms with Crippen molar-refractivity contribution in [3.63, 3.8) is 0 Å². The molecule has 8 heteroatoms. The Morgan fingerprint density at radius 2 is 2.13 bits per heavy atom. The van der Waals surface area contributed by atoms with Crippen molar-refractivity contribution in [2.75, 3.05) is 6.61 Å². The van der Waals surface area contributed by atoms with E-state index in [1.165, 1.54) is 24.3 Å². The number of nitrogens with one attached hydrogen (secondary N) is 2.